The third-order valence-electron chi connectivity index (χ3n) is 7.65. The van der Waals surface area contributed by atoms with Crippen molar-refractivity contribution in [2.45, 2.75) is 43.6 Å². The van der Waals surface area contributed by atoms with E-state index in [2.05, 4.69) is 34.9 Å². The molecule has 0 aromatic heterocycles. The van der Waals surface area contributed by atoms with Gasteiger partial charge in [0, 0.05) is 18.2 Å². The summed E-state index contributed by atoms with van der Waals surface area (Å²) in [5.41, 5.74) is 3.74. The van der Waals surface area contributed by atoms with Gasteiger partial charge >= 0.3 is 12.1 Å². The number of ether oxygens (including phenoxy) is 1. The molecule has 2 amide bonds. The average molecular weight is 495 g/mol. The zero-order chi connectivity index (χ0) is 24.5. The quantitative estimate of drug-likeness (QED) is 0.452. The van der Waals surface area contributed by atoms with Gasteiger partial charge in [0.2, 0.25) is 5.91 Å². The molecule has 0 heterocycles. The maximum Gasteiger partial charge on any atom is 0.407 e. The monoisotopic (exact) mass is 494 g/mol. The van der Waals surface area contributed by atoms with Gasteiger partial charge in [-0.2, -0.15) is 11.8 Å². The SMILES string of the molecule is O=C(CSCCNC(=O)OCC1c2ccccc2-c2ccccc21)NC1(C(=O)O)CC2(CCC2)C1. The summed E-state index contributed by atoms with van der Waals surface area (Å²) in [6.07, 6.45) is 3.87. The molecule has 2 aromatic rings. The van der Waals surface area contributed by atoms with Crippen LogP contribution in [0.4, 0.5) is 4.79 Å². The summed E-state index contributed by atoms with van der Waals surface area (Å²) in [5, 5.41) is 15.1. The maximum absolute atomic E-state index is 12.3. The van der Waals surface area contributed by atoms with Crippen molar-refractivity contribution in [3.8, 4) is 11.1 Å². The summed E-state index contributed by atoms with van der Waals surface area (Å²) >= 11 is 1.36. The molecule has 35 heavy (non-hydrogen) atoms. The van der Waals surface area contributed by atoms with E-state index >= 15 is 0 Å². The number of thioether (sulfide) groups is 1. The van der Waals surface area contributed by atoms with Crippen LogP contribution in [-0.4, -0.2) is 53.3 Å². The predicted molar refractivity (Wildman–Crippen MR) is 134 cm³/mol. The van der Waals surface area contributed by atoms with Gasteiger partial charge in [0.05, 0.1) is 5.75 Å². The molecule has 2 fully saturated rings. The van der Waals surface area contributed by atoms with Crippen molar-refractivity contribution in [2.24, 2.45) is 5.41 Å². The van der Waals surface area contributed by atoms with Gasteiger partial charge in [0.25, 0.3) is 0 Å². The molecule has 1 spiro atoms. The molecule has 2 aromatic carbocycles. The van der Waals surface area contributed by atoms with Crippen LogP contribution in [0.1, 0.15) is 49.1 Å². The van der Waals surface area contributed by atoms with E-state index in [1.807, 2.05) is 24.3 Å². The molecule has 5 rings (SSSR count). The molecule has 0 aliphatic heterocycles. The highest BCUT2D eigenvalue weighted by Gasteiger charge is 2.61. The van der Waals surface area contributed by atoms with Crippen molar-refractivity contribution in [3.63, 3.8) is 0 Å². The number of hydrogen-bond acceptors (Lipinski definition) is 5. The fraction of sp³-hybridized carbons (Fsp3) is 0.444. The van der Waals surface area contributed by atoms with E-state index < -0.39 is 17.6 Å². The summed E-state index contributed by atoms with van der Waals surface area (Å²) < 4.78 is 5.51. The number of fused-ring (bicyclic) bond motifs is 3. The zero-order valence-electron chi connectivity index (χ0n) is 19.5. The third kappa shape index (κ3) is 4.63. The molecule has 184 valence electrons. The standard InChI is InChI=1S/C27H30N2O5S/c30-23(29-27(24(31)32)16-26(17-27)10-5-11-26)15-35-13-12-28-25(33)34-14-22-20-8-3-1-6-18(20)19-7-2-4-9-21(19)22/h1-4,6-9,22H,5,10-17H2,(H,28,33)(H,29,30)(H,31,32). The van der Waals surface area contributed by atoms with Crippen LogP contribution in [0.3, 0.4) is 0 Å². The lowest BCUT2D eigenvalue weighted by Crippen LogP contribution is -2.68. The van der Waals surface area contributed by atoms with Crippen LogP contribution in [0.5, 0.6) is 0 Å². The lowest BCUT2D eigenvalue weighted by Gasteiger charge is -2.59. The Morgan fingerprint density at radius 2 is 1.63 bits per heavy atom. The summed E-state index contributed by atoms with van der Waals surface area (Å²) in [4.78, 5) is 36.3. The number of rotatable bonds is 9. The minimum atomic E-state index is -1.10. The number of carboxylic acid groups (broad SMARTS) is 1. The first-order valence-electron chi connectivity index (χ1n) is 12.1. The van der Waals surface area contributed by atoms with Crippen molar-refractivity contribution in [1.29, 1.82) is 0 Å². The van der Waals surface area contributed by atoms with E-state index in [0.717, 1.165) is 30.4 Å². The maximum atomic E-state index is 12.3. The number of alkyl carbamates (subject to hydrolysis) is 1. The van der Waals surface area contributed by atoms with Gasteiger partial charge in [0.15, 0.2) is 0 Å². The highest BCUT2D eigenvalue weighted by molar-refractivity contribution is 7.99. The van der Waals surface area contributed by atoms with Crippen LogP contribution in [0.25, 0.3) is 11.1 Å². The summed E-state index contributed by atoms with van der Waals surface area (Å²) in [6.45, 7) is 0.621. The second-order valence-corrected chi connectivity index (χ2v) is 11.1. The van der Waals surface area contributed by atoms with Crippen molar-refractivity contribution in [3.05, 3.63) is 59.7 Å². The summed E-state index contributed by atoms with van der Waals surface area (Å²) in [6, 6.07) is 16.4. The van der Waals surface area contributed by atoms with E-state index in [1.165, 1.54) is 22.9 Å². The minimum Gasteiger partial charge on any atom is -0.480 e. The van der Waals surface area contributed by atoms with Gasteiger partial charge in [-0.05, 0) is 53.4 Å². The van der Waals surface area contributed by atoms with E-state index in [-0.39, 0.29) is 29.6 Å². The third-order valence-corrected chi connectivity index (χ3v) is 8.61. The Balaban J connectivity index is 1.02. The lowest BCUT2D eigenvalue weighted by molar-refractivity contribution is -0.165. The van der Waals surface area contributed by atoms with E-state index in [0.29, 0.717) is 25.1 Å². The second kappa shape index (κ2) is 9.57. The Morgan fingerprint density at radius 3 is 2.20 bits per heavy atom. The number of aliphatic carboxylic acids is 1. The fourth-order valence-electron chi connectivity index (χ4n) is 5.89. The van der Waals surface area contributed by atoms with Gasteiger partial charge in [-0.25, -0.2) is 9.59 Å². The van der Waals surface area contributed by atoms with E-state index in [4.69, 9.17) is 4.74 Å². The molecule has 8 heteroatoms. The smallest absolute Gasteiger partial charge is 0.407 e. The predicted octanol–water partition coefficient (Wildman–Crippen LogP) is 4.16. The highest BCUT2D eigenvalue weighted by atomic mass is 32.2. The minimum absolute atomic E-state index is 0.0124. The Kier molecular flexibility index (Phi) is 6.49. The van der Waals surface area contributed by atoms with Crippen LogP contribution in [0, 0.1) is 5.41 Å². The van der Waals surface area contributed by atoms with Crippen LogP contribution < -0.4 is 10.6 Å². The van der Waals surface area contributed by atoms with Gasteiger partial charge in [-0.3, -0.25) is 4.79 Å². The molecule has 0 unspecified atom stereocenters. The topological polar surface area (TPSA) is 105 Å². The van der Waals surface area contributed by atoms with Gasteiger partial charge in [-0.1, -0.05) is 55.0 Å². The summed E-state index contributed by atoms with van der Waals surface area (Å²) in [7, 11) is 0. The molecule has 0 saturated heterocycles. The molecule has 3 N–H and O–H groups in total. The largest absolute Gasteiger partial charge is 0.480 e. The molecule has 7 nitrogen and oxygen atoms in total. The van der Waals surface area contributed by atoms with Crippen molar-refractivity contribution < 1.29 is 24.2 Å². The Labute approximate surface area is 209 Å². The molecular weight excluding hydrogens is 464 g/mol. The number of carbonyl (C=O) groups is 3. The van der Waals surface area contributed by atoms with Crippen LogP contribution in [0.2, 0.25) is 0 Å². The second-order valence-electron chi connectivity index (χ2n) is 9.95. The van der Waals surface area contributed by atoms with Crippen LogP contribution in [0.15, 0.2) is 48.5 Å². The molecular formula is C27H30N2O5S. The first kappa shape index (κ1) is 23.7. The molecule has 0 radical (unpaired) electrons. The normalized spacial score (nSPS) is 18.5. The molecule has 3 aliphatic carbocycles. The first-order valence-corrected chi connectivity index (χ1v) is 13.3. The van der Waals surface area contributed by atoms with Crippen molar-refractivity contribution in [2.75, 3.05) is 24.7 Å². The van der Waals surface area contributed by atoms with Gasteiger partial charge in [0.1, 0.15) is 12.1 Å². The van der Waals surface area contributed by atoms with Crippen LogP contribution in [-0.2, 0) is 14.3 Å². The van der Waals surface area contributed by atoms with E-state index in [9.17, 15) is 19.5 Å². The Hall–Kier alpha value is -3.00. The Bertz CT molecular complexity index is 1090. The lowest BCUT2D eigenvalue weighted by atomic mass is 9.48. The number of nitrogens with one attached hydrogen (secondary N) is 2. The number of carboxylic acids is 1. The molecule has 2 saturated carbocycles. The Morgan fingerprint density at radius 1 is 1.00 bits per heavy atom. The number of carbonyl (C=O) groups excluding carboxylic acids is 2. The average Bonchev–Trinajstić information content (AvgIpc) is 3.12. The fourth-order valence-corrected chi connectivity index (χ4v) is 6.54. The first-order chi connectivity index (χ1) is 16.9. The molecule has 0 atom stereocenters. The highest BCUT2D eigenvalue weighted by Crippen LogP contribution is 2.60. The van der Waals surface area contributed by atoms with Crippen molar-refractivity contribution in [1.82, 2.24) is 10.6 Å². The van der Waals surface area contributed by atoms with Crippen LogP contribution >= 0.6 is 11.8 Å². The summed E-state index contributed by atoms with van der Waals surface area (Å²) in [5.74, 6) is -0.507. The number of benzene rings is 2. The van der Waals surface area contributed by atoms with Crippen molar-refractivity contribution >= 4 is 29.7 Å². The number of hydrogen-bond donors (Lipinski definition) is 3. The zero-order valence-corrected chi connectivity index (χ0v) is 20.4. The van der Waals surface area contributed by atoms with Gasteiger partial charge < -0.3 is 20.5 Å². The molecule has 3 aliphatic rings. The molecule has 0 bridgehead atoms. The number of amides is 2. The van der Waals surface area contributed by atoms with Gasteiger partial charge in [-0.15, -0.1) is 0 Å². The van der Waals surface area contributed by atoms with E-state index in [1.54, 1.807) is 0 Å².